The van der Waals surface area contributed by atoms with Gasteiger partial charge >= 0.3 is 11.9 Å². The molecule has 0 N–H and O–H groups in total. The summed E-state index contributed by atoms with van der Waals surface area (Å²) in [5.41, 5.74) is 0. The lowest BCUT2D eigenvalue weighted by Gasteiger charge is -2.05. The molecule has 0 aliphatic carbocycles. The van der Waals surface area contributed by atoms with Gasteiger partial charge in [0.05, 0.1) is 13.2 Å². The summed E-state index contributed by atoms with van der Waals surface area (Å²) in [6.07, 6.45) is 5.17. The van der Waals surface area contributed by atoms with Crippen molar-refractivity contribution in [3.63, 3.8) is 0 Å². The number of carbonyl (C=O) groups is 2. The van der Waals surface area contributed by atoms with Crippen LogP contribution < -0.4 is 0 Å². The first-order valence-corrected chi connectivity index (χ1v) is 6.52. The van der Waals surface area contributed by atoms with E-state index in [1.807, 2.05) is 13.8 Å². The van der Waals surface area contributed by atoms with E-state index in [4.69, 9.17) is 9.47 Å². The van der Waals surface area contributed by atoms with Crippen LogP contribution in [0, 0.1) is 0 Å². The van der Waals surface area contributed by atoms with Crippen LogP contribution in [0.3, 0.4) is 0 Å². The van der Waals surface area contributed by atoms with Crippen LogP contribution in [-0.4, -0.2) is 25.2 Å². The number of carbonyl (C=O) groups excluding carboxylic acids is 2. The van der Waals surface area contributed by atoms with Crippen LogP contribution in [0.15, 0.2) is 0 Å². The molecule has 4 nitrogen and oxygen atoms in total. The average molecular weight is 244 g/mol. The SMILES string of the molecule is CCCCC(=O)OCCCCOC(=O)CCC. The molecule has 0 aliphatic rings. The van der Waals surface area contributed by atoms with Crippen LogP contribution >= 0.6 is 0 Å². The summed E-state index contributed by atoms with van der Waals surface area (Å²) in [6, 6.07) is 0. The van der Waals surface area contributed by atoms with Crippen LogP contribution in [0.25, 0.3) is 0 Å². The molecule has 0 saturated heterocycles. The van der Waals surface area contributed by atoms with E-state index < -0.39 is 0 Å². The molecule has 0 rings (SSSR count). The molecule has 0 atom stereocenters. The van der Waals surface area contributed by atoms with E-state index in [0.29, 0.717) is 26.1 Å². The molecule has 0 radical (unpaired) electrons. The quantitative estimate of drug-likeness (QED) is 0.438. The molecule has 0 unspecified atom stereocenters. The normalized spacial score (nSPS) is 10.0. The largest absolute Gasteiger partial charge is 0.466 e. The second kappa shape index (κ2) is 11.4. The Morgan fingerprint density at radius 1 is 0.765 bits per heavy atom. The molecule has 0 aromatic carbocycles. The van der Waals surface area contributed by atoms with Crippen molar-refractivity contribution in [2.24, 2.45) is 0 Å². The molecule has 0 fully saturated rings. The highest BCUT2D eigenvalue weighted by atomic mass is 16.5. The summed E-state index contributed by atoms with van der Waals surface area (Å²) in [5.74, 6) is -0.276. The molecule has 17 heavy (non-hydrogen) atoms. The number of ether oxygens (including phenoxy) is 2. The average Bonchev–Trinajstić information content (AvgIpc) is 2.31. The molecule has 0 heterocycles. The zero-order valence-electron chi connectivity index (χ0n) is 11.0. The fraction of sp³-hybridized carbons (Fsp3) is 0.846. The van der Waals surface area contributed by atoms with Crippen LogP contribution in [0.2, 0.25) is 0 Å². The Labute approximate surface area is 104 Å². The Hall–Kier alpha value is -1.06. The maximum atomic E-state index is 11.1. The first-order valence-electron chi connectivity index (χ1n) is 6.52. The smallest absolute Gasteiger partial charge is 0.305 e. The van der Waals surface area contributed by atoms with Crippen LogP contribution in [0.4, 0.5) is 0 Å². The summed E-state index contributed by atoms with van der Waals surface area (Å²) in [6.45, 7) is 4.83. The number of hydrogen-bond acceptors (Lipinski definition) is 4. The third kappa shape index (κ3) is 11.2. The van der Waals surface area contributed by atoms with Gasteiger partial charge in [0.1, 0.15) is 0 Å². The Bertz CT molecular complexity index is 213. The van der Waals surface area contributed by atoms with Crippen molar-refractivity contribution in [3.8, 4) is 0 Å². The summed E-state index contributed by atoms with van der Waals surface area (Å²) in [4.78, 5) is 22.1. The Kier molecular flexibility index (Phi) is 10.7. The molecule has 0 spiro atoms. The zero-order chi connectivity index (χ0) is 12.9. The van der Waals surface area contributed by atoms with Gasteiger partial charge in [-0.25, -0.2) is 0 Å². The molecule has 0 aromatic rings. The summed E-state index contributed by atoms with van der Waals surface area (Å²) in [7, 11) is 0. The number of hydrogen-bond donors (Lipinski definition) is 0. The van der Waals surface area contributed by atoms with E-state index in [1.165, 1.54) is 0 Å². The van der Waals surface area contributed by atoms with Gasteiger partial charge in [0.25, 0.3) is 0 Å². The van der Waals surface area contributed by atoms with Crippen molar-refractivity contribution in [2.75, 3.05) is 13.2 Å². The standard InChI is InChI=1S/C13H24O4/c1-3-5-9-13(15)17-11-7-6-10-16-12(14)8-4-2/h3-11H2,1-2H3. The van der Waals surface area contributed by atoms with Crippen LogP contribution in [0.5, 0.6) is 0 Å². The summed E-state index contributed by atoms with van der Waals surface area (Å²) < 4.78 is 9.99. The molecular weight excluding hydrogens is 220 g/mol. The Morgan fingerprint density at radius 3 is 1.76 bits per heavy atom. The first-order chi connectivity index (χ1) is 8.20. The van der Waals surface area contributed by atoms with Gasteiger partial charge in [0.2, 0.25) is 0 Å². The lowest BCUT2D eigenvalue weighted by molar-refractivity contribution is -0.146. The van der Waals surface area contributed by atoms with Gasteiger partial charge in [-0.1, -0.05) is 20.3 Å². The minimum Gasteiger partial charge on any atom is -0.466 e. The van der Waals surface area contributed by atoms with Crippen molar-refractivity contribution >= 4 is 11.9 Å². The van der Waals surface area contributed by atoms with E-state index in [1.54, 1.807) is 0 Å². The number of unbranched alkanes of at least 4 members (excludes halogenated alkanes) is 2. The van der Waals surface area contributed by atoms with Gasteiger partial charge in [0, 0.05) is 12.8 Å². The van der Waals surface area contributed by atoms with Gasteiger partial charge in [-0.05, 0) is 25.7 Å². The van der Waals surface area contributed by atoms with Crippen molar-refractivity contribution in [2.45, 2.75) is 58.8 Å². The Balaban J connectivity index is 3.23. The number of esters is 2. The molecule has 0 aromatic heterocycles. The van der Waals surface area contributed by atoms with Gasteiger partial charge in [-0.15, -0.1) is 0 Å². The maximum absolute atomic E-state index is 11.1. The second-order valence-corrected chi connectivity index (χ2v) is 4.00. The first kappa shape index (κ1) is 15.9. The molecule has 0 bridgehead atoms. The fourth-order valence-corrected chi connectivity index (χ4v) is 1.25. The van der Waals surface area contributed by atoms with E-state index >= 15 is 0 Å². The maximum Gasteiger partial charge on any atom is 0.305 e. The van der Waals surface area contributed by atoms with Crippen molar-refractivity contribution in [3.05, 3.63) is 0 Å². The summed E-state index contributed by atoms with van der Waals surface area (Å²) >= 11 is 0. The highest BCUT2D eigenvalue weighted by Gasteiger charge is 2.02. The van der Waals surface area contributed by atoms with E-state index in [0.717, 1.165) is 32.1 Å². The van der Waals surface area contributed by atoms with Crippen molar-refractivity contribution in [1.82, 2.24) is 0 Å². The van der Waals surface area contributed by atoms with Crippen LogP contribution in [0.1, 0.15) is 58.8 Å². The molecule has 4 heteroatoms. The van der Waals surface area contributed by atoms with Gasteiger partial charge in [0.15, 0.2) is 0 Å². The van der Waals surface area contributed by atoms with Crippen molar-refractivity contribution in [1.29, 1.82) is 0 Å². The lowest BCUT2D eigenvalue weighted by Crippen LogP contribution is -2.08. The zero-order valence-corrected chi connectivity index (χ0v) is 11.0. The van der Waals surface area contributed by atoms with Gasteiger partial charge < -0.3 is 9.47 Å². The third-order valence-corrected chi connectivity index (χ3v) is 2.25. The predicted octanol–water partition coefficient (Wildman–Crippen LogP) is 2.84. The fourth-order valence-electron chi connectivity index (χ4n) is 1.25. The molecule has 0 aliphatic heterocycles. The number of rotatable bonds is 10. The lowest BCUT2D eigenvalue weighted by atomic mass is 10.2. The second-order valence-electron chi connectivity index (χ2n) is 4.00. The predicted molar refractivity (Wildman–Crippen MR) is 65.6 cm³/mol. The van der Waals surface area contributed by atoms with Gasteiger partial charge in [-0.3, -0.25) is 9.59 Å². The molecular formula is C13H24O4. The van der Waals surface area contributed by atoms with Gasteiger partial charge in [-0.2, -0.15) is 0 Å². The van der Waals surface area contributed by atoms with E-state index in [2.05, 4.69) is 0 Å². The van der Waals surface area contributed by atoms with E-state index in [9.17, 15) is 9.59 Å². The monoisotopic (exact) mass is 244 g/mol. The highest BCUT2D eigenvalue weighted by Crippen LogP contribution is 1.99. The highest BCUT2D eigenvalue weighted by molar-refractivity contribution is 5.69. The topological polar surface area (TPSA) is 52.6 Å². The minimum atomic E-state index is -0.146. The Morgan fingerprint density at radius 2 is 1.29 bits per heavy atom. The third-order valence-electron chi connectivity index (χ3n) is 2.25. The van der Waals surface area contributed by atoms with Crippen LogP contribution in [-0.2, 0) is 19.1 Å². The minimum absolute atomic E-state index is 0.130. The molecule has 100 valence electrons. The molecule has 0 saturated carbocycles. The molecule has 0 amide bonds. The summed E-state index contributed by atoms with van der Waals surface area (Å²) in [5, 5.41) is 0. The van der Waals surface area contributed by atoms with E-state index in [-0.39, 0.29) is 11.9 Å². The van der Waals surface area contributed by atoms with Crippen molar-refractivity contribution < 1.29 is 19.1 Å².